The second-order valence-corrected chi connectivity index (χ2v) is 7.14. The van der Waals surface area contributed by atoms with Crippen molar-refractivity contribution in [3.63, 3.8) is 0 Å². The maximum absolute atomic E-state index is 6.05. The molecule has 2 N–H and O–H groups in total. The molecule has 0 spiro atoms. The van der Waals surface area contributed by atoms with Gasteiger partial charge in [0.1, 0.15) is 0 Å². The van der Waals surface area contributed by atoms with Crippen LogP contribution >= 0.6 is 11.8 Å². The topological polar surface area (TPSA) is 64.9 Å². The van der Waals surface area contributed by atoms with Crippen LogP contribution in [0.3, 0.4) is 0 Å². The summed E-state index contributed by atoms with van der Waals surface area (Å²) in [4.78, 5) is 4.42. The summed E-state index contributed by atoms with van der Waals surface area (Å²) in [5, 5.41) is 4.82. The second kappa shape index (κ2) is 7.29. The lowest BCUT2D eigenvalue weighted by atomic mass is 10.0. The van der Waals surface area contributed by atoms with E-state index in [1.165, 1.54) is 32.1 Å². The van der Waals surface area contributed by atoms with Gasteiger partial charge in [0, 0.05) is 5.25 Å². The summed E-state index contributed by atoms with van der Waals surface area (Å²) < 4.78 is 5.27. The van der Waals surface area contributed by atoms with Crippen LogP contribution in [0.4, 0.5) is 0 Å². The van der Waals surface area contributed by atoms with Crippen molar-refractivity contribution in [1.82, 2.24) is 10.1 Å². The molecule has 0 bridgehead atoms. The van der Waals surface area contributed by atoms with Crippen LogP contribution in [0.15, 0.2) is 4.52 Å². The van der Waals surface area contributed by atoms with Crippen LogP contribution in [-0.4, -0.2) is 15.4 Å². The van der Waals surface area contributed by atoms with Crippen LogP contribution in [0, 0.1) is 5.92 Å². The molecule has 108 valence electrons. The Bertz CT molecular complexity index is 375. The zero-order valence-corrected chi connectivity index (χ0v) is 12.8. The van der Waals surface area contributed by atoms with Gasteiger partial charge in [0.2, 0.25) is 5.89 Å². The third-order valence-corrected chi connectivity index (χ3v) is 4.89. The minimum absolute atomic E-state index is 0.124. The number of thioether (sulfide) groups is 1. The summed E-state index contributed by atoms with van der Waals surface area (Å²) in [5.74, 6) is 2.78. The van der Waals surface area contributed by atoms with Crippen molar-refractivity contribution in [2.75, 3.05) is 0 Å². The molecule has 1 atom stereocenters. The highest BCUT2D eigenvalue weighted by Crippen LogP contribution is 2.30. The molecule has 5 heteroatoms. The smallest absolute Gasteiger partial charge is 0.243 e. The Balaban J connectivity index is 1.79. The molecule has 1 fully saturated rings. The van der Waals surface area contributed by atoms with Gasteiger partial charge in [-0.15, -0.1) is 0 Å². The predicted octanol–water partition coefficient (Wildman–Crippen LogP) is 3.68. The van der Waals surface area contributed by atoms with E-state index in [1.54, 1.807) is 0 Å². The minimum atomic E-state index is -0.124. The van der Waals surface area contributed by atoms with Crippen molar-refractivity contribution in [2.24, 2.45) is 11.7 Å². The van der Waals surface area contributed by atoms with Gasteiger partial charge < -0.3 is 10.3 Å². The van der Waals surface area contributed by atoms with Crippen molar-refractivity contribution in [1.29, 1.82) is 0 Å². The summed E-state index contributed by atoms with van der Waals surface area (Å²) in [6.07, 6.45) is 7.69. The van der Waals surface area contributed by atoms with Gasteiger partial charge in [-0.25, -0.2) is 0 Å². The van der Waals surface area contributed by atoms with Gasteiger partial charge in [-0.1, -0.05) is 38.3 Å². The third-order valence-electron chi connectivity index (χ3n) is 3.53. The van der Waals surface area contributed by atoms with Crippen LogP contribution in [0.1, 0.15) is 70.1 Å². The Labute approximate surface area is 119 Å². The molecule has 2 rings (SSSR count). The van der Waals surface area contributed by atoms with Gasteiger partial charge in [0.15, 0.2) is 5.82 Å². The Morgan fingerprint density at radius 2 is 2.05 bits per heavy atom. The first-order valence-electron chi connectivity index (χ1n) is 7.35. The largest absolute Gasteiger partial charge is 0.338 e. The molecule has 1 aromatic rings. The summed E-state index contributed by atoms with van der Waals surface area (Å²) in [7, 11) is 0. The molecular weight excluding hydrogens is 258 g/mol. The molecule has 1 saturated carbocycles. The van der Waals surface area contributed by atoms with E-state index in [0.29, 0.717) is 11.8 Å². The number of hydrogen-bond acceptors (Lipinski definition) is 5. The average molecular weight is 283 g/mol. The standard InChI is InChI=1S/C14H25N3OS/c1-10(2)8-12(15)14-16-13(17-18-14)9-19-11-6-4-3-5-7-11/h10-12H,3-9,15H2,1-2H3/t12-/m0/s1. The van der Waals surface area contributed by atoms with E-state index in [1.807, 2.05) is 11.8 Å². The summed E-state index contributed by atoms with van der Waals surface area (Å²) in [5.41, 5.74) is 6.05. The minimum Gasteiger partial charge on any atom is -0.338 e. The lowest BCUT2D eigenvalue weighted by Crippen LogP contribution is -2.13. The van der Waals surface area contributed by atoms with Crippen molar-refractivity contribution in [3.05, 3.63) is 11.7 Å². The van der Waals surface area contributed by atoms with Crippen molar-refractivity contribution in [3.8, 4) is 0 Å². The number of hydrogen-bond donors (Lipinski definition) is 1. The number of nitrogens with zero attached hydrogens (tertiary/aromatic N) is 2. The molecule has 0 radical (unpaired) electrons. The molecule has 0 amide bonds. The van der Waals surface area contributed by atoms with E-state index < -0.39 is 0 Å². The van der Waals surface area contributed by atoms with Crippen molar-refractivity contribution < 1.29 is 4.52 Å². The van der Waals surface area contributed by atoms with Crippen LogP contribution < -0.4 is 5.73 Å². The highest BCUT2D eigenvalue weighted by molar-refractivity contribution is 7.99. The Hall–Kier alpha value is -0.550. The maximum atomic E-state index is 6.05. The van der Waals surface area contributed by atoms with E-state index in [4.69, 9.17) is 10.3 Å². The van der Waals surface area contributed by atoms with E-state index in [9.17, 15) is 0 Å². The van der Waals surface area contributed by atoms with Crippen LogP contribution in [0.25, 0.3) is 0 Å². The van der Waals surface area contributed by atoms with Crippen LogP contribution in [-0.2, 0) is 5.75 Å². The molecule has 1 aliphatic rings. The summed E-state index contributed by atoms with van der Waals surface area (Å²) >= 11 is 1.96. The van der Waals surface area contributed by atoms with E-state index in [0.717, 1.165) is 23.2 Å². The third kappa shape index (κ3) is 4.80. The van der Waals surface area contributed by atoms with Gasteiger partial charge >= 0.3 is 0 Å². The molecule has 0 aromatic carbocycles. The molecule has 0 aliphatic heterocycles. The molecule has 4 nitrogen and oxygen atoms in total. The normalized spacial score (nSPS) is 18.9. The summed E-state index contributed by atoms with van der Waals surface area (Å²) in [6.45, 7) is 4.30. The highest BCUT2D eigenvalue weighted by atomic mass is 32.2. The molecule has 1 aromatic heterocycles. The first-order valence-corrected chi connectivity index (χ1v) is 8.39. The summed E-state index contributed by atoms with van der Waals surface area (Å²) in [6, 6.07) is -0.124. The first-order chi connectivity index (χ1) is 9.15. The van der Waals surface area contributed by atoms with Gasteiger partial charge in [-0.2, -0.15) is 16.7 Å². The van der Waals surface area contributed by atoms with Crippen LogP contribution in [0.2, 0.25) is 0 Å². The number of nitrogens with two attached hydrogens (primary N) is 1. The maximum Gasteiger partial charge on any atom is 0.243 e. The van der Waals surface area contributed by atoms with Crippen molar-refractivity contribution >= 4 is 11.8 Å². The second-order valence-electron chi connectivity index (χ2n) is 5.86. The van der Waals surface area contributed by atoms with Gasteiger partial charge in [0.05, 0.1) is 11.8 Å². The molecule has 1 aliphatic carbocycles. The monoisotopic (exact) mass is 283 g/mol. The van der Waals surface area contributed by atoms with E-state index in [2.05, 4.69) is 24.0 Å². The van der Waals surface area contributed by atoms with Crippen LogP contribution in [0.5, 0.6) is 0 Å². The van der Waals surface area contributed by atoms with Gasteiger partial charge in [-0.05, 0) is 25.2 Å². The van der Waals surface area contributed by atoms with Gasteiger partial charge in [-0.3, -0.25) is 0 Å². The van der Waals surface area contributed by atoms with E-state index >= 15 is 0 Å². The van der Waals surface area contributed by atoms with Crippen molar-refractivity contribution in [2.45, 2.75) is 69.4 Å². The molecular formula is C14H25N3OS. The fraction of sp³-hybridized carbons (Fsp3) is 0.857. The molecule has 0 unspecified atom stereocenters. The molecule has 1 heterocycles. The fourth-order valence-electron chi connectivity index (χ4n) is 2.51. The average Bonchev–Trinajstić information content (AvgIpc) is 2.86. The predicted molar refractivity (Wildman–Crippen MR) is 78.8 cm³/mol. The quantitative estimate of drug-likeness (QED) is 0.862. The number of aromatic nitrogens is 2. The first kappa shape index (κ1) is 14.9. The fourth-order valence-corrected chi connectivity index (χ4v) is 3.68. The Kier molecular flexibility index (Phi) is 5.70. The highest BCUT2D eigenvalue weighted by Gasteiger charge is 2.18. The Morgan fingerprint density at radius 1 is 1.32 bits per heavy atom. The van der Waals surface area contributed by atoms with Gasteiger partial charge in [0.25, 0.3) is 0 Å². The molecule has 0 saturated heterocycles. The molecule has 19 heavy (non-hydrogen) atoms. The SMILES string of the molecule is CC(C)C[C@H](N)c1nc(CSC2CCCCC2)no1. The zero-order chi connectivity index (χ0) is 13.7. The number of rotatable bonds is 6. The van der Waals surface area contributed by atoms with E-state index in [-0.39, 0.29) is 6.04 Å². The Morgan fingerprint density at radius 3 is 2.74 bits per heavy atom. The zero-order valence-electron chi connectivity index (χ0n) is 12.0. The lowest BCUT2D eigenvalue weighted by Gasteiger charge is -2.20. The lowest BCUT2D eigenvalue weighted by molar-refractivity contribution is 0.333.